The van der Waals surface area contributed by atoms with E-state index in [0.29, 0.717) is 19.5 Å². The van der Waals surface area contributed by atoms with Crippen LogP contribution in [0.5, 0.6) is 0 Å². The van der Waals surface area contributed by atoms with Gasteiger partial charge in [0.15, 0.2) is 18.9 Å². The molecule has 0 aliphatic rings. The van der Waals surface area contributed by atoms with E-state index in [4.69, 9.17) is 0 Å². The maximum Gasteiger partial charge on any atom is 0.275 e. The first kappa shape index (κ1) is 19.8. The van der Waals surface area contributed by atoms with Crippen LogP contribution in [0.2, 0.25) is 0 Å². The standard InChI is InChI=1S/C18H27N3O3/c1-4-19-17(23)12-21(5-2)13-18(24)20-16(14(3)22)11-15-9-7-6-8-10-15/h6-10,16H,4-5,11-13H2,1-3H3,(H,19,23)(H,20,24)/p+1/t16-/m1/s1. The van der Waals surface area contributed by atoms with Gasteiger partial charge in [0.25, 0.3) is 11.8 Å². The summed E-state index contributed by atoms with van der Waals surface area (Å²) < 4.78 is 0. The average Bonchev–Trinajstić information content (AvgIpc) is 2.54. The summed E-state index contributed by atoms with van der Waals surface area (Å²) in [7, 11) is 0. The molecule has 2 atom stereocenters. The highest BCUT2D eigenvalue weighted by Crippen LogP contribution is 2.03. The Morgan fingerprint density at radius 3 is 2.21 bits per heavy atom. The molecule has 6 heteroatoms. The zero-order valence-corrected chi connectivity index (χ0v) is 14.7. The molecular formula is C18H28N3O3+. The van der Waals surface area contributed by atoms with Crippen molar-refractivity contribution in [3.63, 3.8) is 0 Å². The summed E-state index contributed by atoms with van der Waals surface area (Å²) in [4.78, 5) is 36.6. The lowest BCUT2D eigenvalue weighted by Crippen LogP contribution is -3.14. The van der Waals surface area contributed by atoms with E-state index >= 15 is 0 Å². The number of ketones is 1. The fraction of sp³-hybridized carbons (Fsp3) is 0.500. The summed E-state index contributed by atoms with van der Waals surface area (Å²) in [6.45, 7) is 6.92. The normalized spacial score (nSPS) is 13.0. The fourth-order valence-corrected chi connectivity index (χ4v) is 2.42. The van der Waals surface area contributed by atoms with Crippen LogP contribution in [0.4, 0.5) is 0 Å². The average molecular weight is 334 g/mol. The summed E-state index contributed by atoms with van der Waals surface area (Å²) in [5, 5.41) is 5.52. The third kappa shape index (κ3) is 7.37. The first-order valence-corrected chi connectivity index (χ1v) is 8.40. The molecule has 1 aromatic rings. The Balaban J connectivity index is 2.58. The van der Waals surface area contributed by atoms with Gasteiger partial charge < -0.3 is 15.5 Å². The van der Waals surface area contributed by atoms with Crippen LogP contribution in [-0.2, 0) is 20.8 Å². The number of likely N-dealkylation sites (N-methyl/N-ethyl adjacent to an activating group) is 2. The second-order valence-corrected chi connectivity index (χ2v) is 5.83. The number of carbonyl (C=O) groups excluding carboxylic acids is 3. The number of benzene rings is 1. The molecule has 0 saturated heterocycles. The lowest BCUT2D eigenvalue weighted by atomic mass is 10.0. The van der Waals surface area contributed by atoms with Crippen molar-refractivity contribution in [1.29, 1.82) is 0 Å². The maximum absolute atomic E-state index is 12.2. The topological polar surface area (TPSA) is 79.7 Å². The van der Waals surface area contributed by atoms with Crippen LogP contribution in [-0.4, -0.2) is 49.8 Å². The van der Waals surface area contributed by atoms with E-state index in [1.807, 2.05) is 44.2 Å². The summed E-state index contributed by atoms with van der Waals surface area (Å²) in [6.07, 6.45) is 0.472. The first-order valence-electron chi connectivity index (χ1n) is 8.40. The lowest BCUT2D eigenvalue weighted by molar-refractivity contribution is -0.881. The van der Waals surface area contributed by atoms with Crippen molar-refractivity contribution >= 4 is 17.6 Å². The number of quaternary nitrogens is 1. The Hall–Kier alpha value is -2.21. The molecule has 0 saturated carbocycles. The largest absolute Gasteiger partial charge is 0.351 e. The van der Waals surface area contributed by atoms with Crippen molar-refractivity contribution in [3.8, 4) is 0 Å². The first-order chi connectivity index (χ1) is 11.5. The summed E-state index contributed by atoms with van der Waals surface area (Å²) in [5.41, 5.74) is 1.00. The third-order valence-electron chi connectivity index (χ3n) is 3.80. The molecule has 0 radical (unpaired) electrons. The smallest absolute Gasteiger partial charge is 0.275 e. The quantitative estimate of drug-likeness (QED) is 0.532. The van der Waals surface area contributed by atoms with Crippen molar-refractivity contribution in [2.45, 2.75) is 33.2 Å². The van der Waals surface area contributed by atoms with Crippen LogP contribution in [0, 0.1) is 0 Å². The SMILES string of the molecule is CCNC(=O)C[NH+](CC)CC(=O)N[C@H](Cc1ccccc1)C(C)=O. The van der Waals surface area contributed by atoms with Crippen molar-refractivity contribution in [3.05, 3.63) is 35.9 Å². The molecule has 0 spiro atoms. The Kier molecular flexibility index (Phi) is 8.71. The summed E-state index contributed by atoms with van der Waals surface area (Å²) in [6, 6.07) is 9.05. The van der Waals surface area contributed by atoms with Gasteiger partial charge in [-0.1, -0.05) is 30.3 Å². The maximum atomic E-state index is 12.2. The predicted molar refractivity (Wildman–Crippen MR) is 92.7 cm³/mol. The van der Waals surface area contributed by atoms with Gasteiger partial charge in [-0.15, -0.1) is 0 Å². The highest BCUT2D eigenvalue weighted by molar-refractivity contribution is 5.88. The van der Waals surface area contributed by atoms with Crippen molar-refractivity contribution < 1.29 is 19.3 Å². The lowest BCUT2D eigenvalue weighted by Gasteiger charge is -2.20. The molecule has 0 aromatic heterocycles. The molecule has 0 aliphatic carbocycles. The minimum absolute atomic E-state index is 0.0745. The Morgan fingerprint density at radius 2 is 1.67 bits per heavy atom. The molecule has 0 fully saturated rings. The zero-order valence-electron chi connectivity index (χ0n) is 14.7. The zero-order chi connectivity index (χ0) is 17.9. The van der Waals surface area contributed by atoms with E-state index in [1.54, 1.807) is 0 Å². The van der Waals surface area contributed by atoms with Crippen molar-refractivity contribution in [2.24, 2.45) is 0 Å². The second kappa shape index (κ2) is 10.5. The Labute approximate surface area is 143 Å². The van der Waals surface area contributed by atoms with Crippen molar-refractivity contribution in [1.82, 2.24) is 10.6 Å². The van der Waals surface area contributed by atoms with E-state index < -0.39 is 6.04 Å². The van der Waals surface area contributed by atoms with Gasteiger partial charge in [0, 0.05) is 6.54 Å². The van der Waals surface area contributed by atoms with Crippen LogP contribution in [0.15, 0.2) is 30.3 Å². The molecule has 1 aromatic carbocycles. The number of rotatable bonds is 10. The van der Waals surface area contributed by atoms with Crippen LogP contribution < -0.4 is 15.5 Å². The number of amides is 2. The molecule has 1 unspecified atom stereocenters. The predicted octanol–water partition coefficient (Wildman–Crippen LogP) is -0.656. The molecular weight excluding hydrogens is 306 g/mol. The molecule has 0 heterocycles. The minimum atomic E-state index is -0.539. The number of nitrogens with one attached hydrogen (secondary N) is 3. The molecule has 3 N–H and O–H groups in total. The molecule has 24 heavy (non-hydrogen) atoms. The number of Topliss-reactive ketones (excluding diaryl/α,β-unsaturated/α-hetero) is 1. The van der Waals surface area contributed by atoms with E-state index in [0.717, 1.165) is 10.5 Å². The van der Waals surface area contributed by atoms with E-state index in [2.05, 4.69) is 10.6 Å². The highest BCUT2D eigenvalue weighted by atomic mass is 16.2. The van der Waals surface area contributed by atoms with E-state index in [1.165, 1.54) is 6.92 Å². The van der Waals surface area contributed by atoms with Gasteiger partial charge >= 0.3 is 0 Å². The van der Waals surface area contributed by atoms with Crippen LogP contribution >= 0.6 is 0 Å². The molecule has 1 rings (SSSR count). The van der Waals surface area contributed by atoms with Gasteiger partial charge in [-0.25, -0.2) is 0 Å². The van der Waals surface area contributed by atoms with Gasteiger partial charge in [0.2, 0.25) is 0 Å². The fourth-order valence-electron chi connectivity index (χ4n) is 2.42. The summed E-state index contributed by atoms with van der Waals surface area (Å²) in [5.74, 6) is -0.365. The number of hydrogen-bond acceptors (Lipinski definition) is 3. The summed E-state index contributed by atoms with van der Waals surface area (Å²) >= 11 is 0. The highest BCUT2D eigenvalue weighted by Gasteiger charge is 2.21. The minimum Gasteiger partial charge on any atom is -0.351 e. The van der Waals surface area contributed by atoms with Gasteiger partial charge in [-0.3, -0.25) is 14.4 Å². The van der Waals surface area contributed by atoms with Crippen LogP contribution in [0.25, 0.3) is 0 Å². The van der Waals surface area contributed by atoms with Gasteiger partial charge in [-0.2, -0.15) is 0 Å². The van der Waals surface area contributed by atoms with Gasteiger partial charge in [0.05, 0.1) is 12.6 Å². The van der Waals surface area contributed by atoms with E-state index in [-0.39, 0.29) is 30.7 Å². The molecule has 0 aliphatic heterocycles. The van der Waals surface area contributed by atoms with E-state index in [9.17, 15) is 14.4 Å². The van der Waals surface area contributed by atoms with Crippen LogP contribution in [0.1, 0.15) is 26.3 Å². The number of hydrogen-bond donors (Lipinski definition) is 3. The Morgan fingerprint density at radius 1 is 1.04 bits per heavy atom. The Bertz CT molecular complexity index is 546. The van der Waals surface area contributed by atoms with Gasteiger partial charge in [-0.05, 0) is 32.8 Å². The third-order valence-corrected chi connectivity index (χ3v) is 3.80. The molecule has 0 bridgehead atoms. The number of carbonyl (C=O) groups is 3. The second-order valence-electron chi connectivity index (χ2n) is 5.83. The monoisotopic (exact) mass is 334 g/mol. The van der Waals surface area contributed by atoms with Crippen molar-refractivity contribution in [2.75, 3.05) is 26.2 Å². The molecule has 132 valence electrons. The molecule has 2 amide bonds. The molecule has 6 nitrogen and oxygen atoms in total. The van der Waals surface area contributed by atoms with Crippen LogP contribution in [0.3, 0.4) is 0 Å². The van der Waals surface area contributed by atoms with Gasteiger partial charge in [0.1, 0.15) is 0 Å².